The highest BCUT2D eigenvalue weighted by Gasteiger charge is 2.32. The van der Waals surface area contributed by atoms with E-state index in [1.165, 1.54) is 20.6 Å². The number of nitrogens with one attached hydrogen (secondary N) is 1. The van der Waals surface area contributed by atoms with Gasteiger partial charge in [0.2, 0.25) is 5.91 Å². The highest BCUT2D eigenvalue weighted by Crippen LogP contribution is 2.10. The monoisotopic (exact) mass is 308 g/mol. The number of rotatable bonds is 7. The van der Waals surface area contributed by atoms with E-state index in [1.807, 2.05) is 0 Å². The molecule has 1 rings (SSSR count). The molecular weight excluding hydrogens is 284 g/mol. The molecule has 8 nitrogen and oxygen atoms in total. The van der Waals surface area contributed by atoms with Crippen LogP contribution in [-0.4, -0.2) is 94.9 Å². The van der Waals surface area contributed by atoms with Crippen LogP contribution in [0.3, 0.4) is 0 Å². The Morgan fingerprint density at radius 3 is 2.40 bits per heavy atom. The number of piperazine rings is 1. The summed E-state index contributed by atoms with van der Waals surface area (Å²) in [5, 5.41) is 3.10. The summed E-state index contributed by atoms with van der Waals surface area (Å²) in [6, 6.07) is 0. The summed E-state index contributed by atoms with van der Waals surface area (Å²) in [4.78, 5) is 13.2. The van der Waals surface area contributed by atoms with Crippen molar-refractivity contribution in [2.75, 3.05) is 67.1 Å². The van der Waals surface area contributed by atoms with Crippen molar-refractivity contribution in [1.82, 2.24) is 18.8 Å². The van der Waals surface area contributed by atoms with E-state index in [4.69, 9.17) is 4.74 Å². The number of hydrogen-bond donors (Lipinski definition) is 1. The second-order valence-corrected chi connectivity index (χ2v) is 6.70. The predicted molar refractivity (Wildman–Crippen MR) is 75.5 cm³/mol. The van der Waals surface area contributed by atoms with Crippen molar-refractivity contribution in [3.8, 4) is 0 Å². The molecule has 0 radical (unpaired) electrons. The van der Waals surface area contributed by atoms with Crippen molar-refractivity contribution >= 4 is 16.1 Å². The highest BCUT2D eigenvalue weighted by atomic mass is 32.2. The van der Waals surface area contributed by atoms with Gasteiger partial charge in [0.1, 0.15) is 0 Å². The second-order valence-electron chi connectivity index (χ2n) is 4.77. The molecule has 1 N–H and O–H groups in total. The van der Waals surface area contributed by atoms with Gasteiger partial charge in [-0.3, -0.25) is 4.79 Å². The zero-order valence-corrected chi connectivity index (χ0v) is 13.1. The Labute approximate surface area is 120 Å². The second kappa shape index (κ2) is 7.89. The molecule has 118 valence electrons. The third-order valence-electron chi connectivity index (χ3n) is 3.08. The van der Waals surface area contributed by atoms with Crippen LogP contribution in [0.15, 0.2) is 0 Å². The molecule has 0 bridgehead atoms. The molecule has 1 fully saturated rings. The molecule has 9 heteroatoms. The minimum Gasteiger partial charge on any atom is -0.383 e. The standard InChI is InChI=1S/C11H24N4O4S/c1-13(2)11(16)10-15(8-9-19-3)20(17,18)14-6-4-12-5-7-14/h12H,4-10H2,1-3H3. The van der Waals surface area contributed by atoms with Gasteiger partial charge in [-0.2, -0.15) is 17.0 Å². The Balaban J connectivity index is 2.81. The average Bonchev–Trinajstić information content (AvgIpc) is 2.43. The van der Waals surface area contributed by atoms with Crippen LogP contribution in [0.4, 0.5) is 0 Å². The lowest BCUT2D eigenvalue weighted by molar-refractivity contribution is -0.129. The van der Waals surface area contributed by atoms with Crippen LogP contribution in [0, 0.1) is 0 Å². The fraction of sp³-hybridized carbons (Fsp3) is 0.909. The van der Waals surface area contributed by atoms with Crippen molar-refractivity contribution < 1.29 is 17.9 Å². The van der Waals surface area contributed by atoms with Crippen LogP contribution < -0.4 is 5.32 Å². The van der Waals surface area contributed by atoms with Gasteiger partial charge < -0.3 is 15.0 Å². The minimum absolute atomic E-state index is 0.164. The molecule has 20 heavy (non-hydrogen) atoms. The molecule has 1 aliphatic heterocycles. The van der Waals surface area contributed by atoms with Gasteiger partial charge in [0.05, 0.1) is 13.2 Å². The van der Waals surface area contributed by atoms with Gasteiger partial charge >= 0.3 is 0 Å². The Hall–Kier alpha value is -0.740. The topological polar surface area (TPSA) is 82.2 Å². The lowest BCUT2D eigenvalue weighted by Crippen LogP contribution is -2.54. The molecule has 1 heterocycles. The van der Waals surface area contributed by atoms with Crippen LogP contribution in [0.2, 0.25) is 0 Å². The van der Waals surface area contributed by atoms with Crippen molar-refractivity contribution in [1.29, 1.82) is 0 Å². The summed E-state index contributed by atoms with van der Waals surface area (Å²) in [6.07, 6.45) is 0. The van der Waals surface area contributed by atoms with E-state index in [1.54, 1.807) is 14.1 Å². The maximum absolute atomic E-state index is 12.5. The maximum atomic E-state index is 12.5. The number of carbonyl (C=O) groups is 1. The number of amides is 1. The normalized spacial score (nSPS) is 17.4. The van der Waals surface area contributed by atoms with Crippen LogP contribution in [0.5, 0.6) is 0 Å². The molecule has 1 saturated heterocycles. The molecule has 0 atom stereocenters. The van der Waals surface area contributed by atoms with Gasteiger partial charge in [0, 0.05) is 53.9 Å². The van der Waals surface area contributed by atoms with Crippen LogP contribution in [0.1, 0.15) is 0 Å². The summed E-state index contributed by atoms with van der Waals surface area (Å²) < 4.78 is 32.6. The summed E-state index contributed by atoms with van der Waals surface area (Å²) in [7, 11) is 1.09. The first kappa shape index (κ1) is 17.3. The van der Waals surface area contributed by atoms with Crippen LogP contribution in [0.25, 0.3) is 0 Å². The zero-order chi connectivity index (χ0) is 15.2. The number of ether oxygens (including phenoxy) is 1. The number of nitrogens with zero attached hydrogens (tertiary/aromatic N) is 3. The van der Waals surface area contributed by atoms with Crippen LogP contribution >= 0.6 is 0 Å². The minimum atomic E-state index is -3.63. The number of carbonyl (C=O) groups excluding carboxylic acids is 1. The SMILES string of the molecule is COCCN(CC(=O)N(C)C)S(=O)(=O)N1CCNCC1. The fourth-order valence-corrected chi connectivity index (χ4v) is 3.35. The molecule has 0 aromatic rings. The fourth-order valence-electron chi connectivity index (χ4n) is 1.80. The van der Waals surface area contributed by atoms with E-state index in [9.17, 15) is 13.2 Å². The molecule has 0 unspecified atom stereocenters. The van der Waals surface area contributed by atoms with E-state index < -0.39 is 10.2 Å². The van der Waals surface area contributed by atoms with E-state index in [-0.39, 0.29) is 25.6 Å². The molecule has 1 aliphatic rings. The number of methoxy groups -OCH3 is 1. The lowest BCUT2D eigenvalue weighted by Gasteiger charge is -2.32. The first-order chi connectivity index (χ1) is 9.39. The molecule has 1 amide bonds. The molecular formula is C11H24N4O4S. The Morgan fingerprint density at radius 1 is 1.30 bits per heavy atom. The van der Waals surface area contributed by atoms with Gasteiger partial charge in [-0.15, -0.1) is 0 Å². The van der Waals surface area contributed by atoms with Gasteiger partial charge in [-0.25, -0.2) is 0 Å². The third-order valence-corrected chi connectivity index (χ3v) is 5.07. The Kier molecular flexibility index (Phi) is 6.83. The summed E-state index contributed by atoms with van der Waals surface area (Å²) in [5.41, 5.74) is 0. The lowest BCUT2D eigenvalue weighted by atomic mass is 10.4. The third kappa shape index (κ3) is 4.67. The van der Waals surface area contributed by atoms with E-state index >= 15 is 0 Å². The van der Waals surface area contributed by atoms with Gasteiger partial charge in [0.25, 0.3) is 10.2 Å². The van der Waals surface area contributed by atoms with Crippen molar-refractivity contribution in [2.24, 2.45) is 0 Å². The summed E-state index contributed by atoms with van der Waals surface area (Å²) in [5.74, 6) is -0.250. The average molecular weight is 308 g/mol. The maximum Gasteiger partial charge on any atom is 0.282 e. The largest absolute Gasteiger partial charge is 0.383 e. The van der Waals surface area contributed by atoms with Gasteiger partial charge in [0.15, 0.2) is 0 Å². The molecule has 0 spiro atoms. The molecule has 0 aromatic carbocycles. The zero-order valence-electron chi connectivity index (χ0n) is 12.3. The summed E-state index contributed by atoms with van der Waals surface area (Å²) in [6.45, 7) is 2.35. The van der Waals surface area contributed by atoms with E-state index in [0.29, 0.717) is 26.2 Å². The highest BCUT2D eigenvalue weighted by molar-refractivity contribution is 7.86. The predicted octanol–water partition coefficient (Wildman–Crippen LogP) is -1.83. The van der Waals surface area contributed by atoms with Crippen molar-refractivity contribution in [2.45, 2.75) is 0 Å². The smallest absolute Gasteiger partial charge is 0.282 e. The van der Waals surface area contributed by atoms with E-state index in [0.717, 1.165) is 0 Å². The molecule has 0 aromatic heterocycles. The molecule has 0 saturated carbocycles. The van der Waals surface area contributed by atoms with E-state index in [2.05, 4.69) is 5.32 Å². The van der Waals surface area contributed by atoms with Crippen LogP contribution in [-0.2, 0) is 19.7 Å². The number of hydrogen-bond acceptors (Lipinski definition) is 5. The Morgan fingerprint density at radius 2 is 1.90 bits per heavy atom. The summed E-state index contributed by atoms with van der Waals surface area (Å²) >= 11 is 0. The molecule has 0 aliphatic carbocycles. The van der Waals surface area contributed by atoms with Gasteiger partial charge in [-0.1, -0.05) is 0 Å². The van der Waals surface area contributed by atoms with Crippen molar-refractivity contribution in [3.05, 3.63) is 0 Å². The Bertz CT molecular complexity index is 407. The van der Waals surface area contributed by atoms with Gasteiger partial charge in [-0.05, 0) is 0 Å². The number of likely N-dealkylation sites (N-methyl/N-ethyl adjacent to an activating group) is 1. The first-order valence-corrected chi connectivity index (χ1v) is 7.94. The quantitative estimate of drug-likeness (QED) is 0.598. The van der Waals surface area contributed by atoms with Crippen molar-refractivity contribution in [3.63, 3.8) is 0 Å². The first-order valence-electron chi connectivity index (χ1n) is 6.54.